The number of aliphatic carboxylic acids is 1. The van der Waals surface area contributed by atoms with Crippen LogP contribution < -0.4 is 0 Å². The van der Waals surface area contributed by atoms with Crippen molar-refractivity contribution >= 4 is 11.8 Å². The summed E-state index contributed by atoms with van der Waals surface area (Å²) in [6, 6.07) is 0. The molecule has 2 heterocycles. The van der Waals surface area contributed by atoms with Gasteiger partial charge in [0.2, 0.25) is 5.82 Å². The van der Waals surface area contributed by atoms with Gasteiger partial charge in [-0.15, -0.1) is 0 Å². The maximum Gasteiger partial charge on any atom is 0.385 e. The Morgan fingerprint density at radius 2 is 2.41 bits per heavy atom. The van der Waals surface area contributed by atoms with E-state index in [1.54, 1.807) is 4.57 Å². The molecule has 7 heteroatoms. The summed E-state index contributed by atoms with van der Waals surface area (Å²) >= 11 is 0. The van der Waals surface area contributed by atoms with Crippen LogP contribution in [0, 0.1) is 16.0 Å². The van der Waals surface area contributed by atoms with Crippen molar-refractivity contribution in [3.8, 4) is 0 Å². The van der Waals surface area contributed by atoms with Crippen LogP contribution in [0.15, 0.2) is 0 Å². The van der Waals surface area contributed by atoms with E-state index >= 15 is 0 Å². The highest BCUT2D eigenvalue weighted by Crippen LogP contribution is 2.29. The van der Waals surface area contributed by atoms with Gasteiger partial charge in [-0.05, 0) is 22.7 Å². The van der Waals surface area contributed by atoms with Gasteiger partial charge in [-0.2, -0.15) is 0 Å². The number of aromatic nitrogens is 2. The summed E-state index contributed by atoms with van der Waals surface area (Å²) in [4.78, 5) is 25.2. The molecule has 0 fully saturated rings. The van der Waals surface area contributed by atoms with Gasteiger partial charge < -0.3 is 19.8 Å². The second-order valence-corrected chi connectivity index (χ2v) is 4.09. The number of carbonyl (C=O) groups is 1. The van der Waals surface area contributed by atoms with Crippen LogP contribution in [0.4, 0.5) is 5.82 Å². The van der Waals surface area contributed by atoms with Crippen molar-refractivity contribution in [3.05, 3.63) is 21.6 Å². The first-order valence-corrected chi connectivity index (χ1v) is 5.50. The van der Waals surface area contributed by atoms with Crippen LogP contribution in [0.25, 0.3) is 0 Å². The first-order chi connectivity index (χ1) is 8.04. The molecule has 1 aromatic rings. The van der Waals surface area contributed by atoms with E-state index in [0.717, 1.165) is 0 Å². The Labute approximate surface area is 97.2 Å². The van der Waals surface area contributed by atoms with E-state index in [4.69, 9.17) is 5.11 Å². The summed E-state index contributed by atoms with van der Waals surface area (Å²) in [5.74, 6) is -0.848. The van der Waals surface area contributed by atoms with Gasteiger partial charge >= 0.3 is 11.8 Å². The molecule has 1 aromatic heterocycles. The molecule has 2 rings (SSSR count). The zero-order valence-electron chi connectivity index (χ0n) is 9.42. The van der Waals surface area contributed by atoms with Gasteiger partial charge in [0.05, 0.1) is 5.92 Å². The van der Waals surface area contributed by atoms with Crippen molar-refractivity contribution in [2.75, 3.05) is 0 Å². The van der Waals surface area contributed by atoms with E-state index in [-0.39, 0.29) is 12.4 Å². The minimum Gasteiger partial charge on any atom is -0.481 e. The second-order valence-electron chi connectivity index (χ2n) is 4.09. The maximum atomic E-state index is 10.9. The number of fused-ring (bicyclic) bond motifs is 1. The van der Waals surface area contributed by atoms with Crippen molar-refractivity contribution in [1.29, 1.82) is 0 Å². The van der Waals surface area contributed by atoms with E-state index in [9.17, 15) is 14.9 Å². The third-order valence-corrected chi connectivity index (χ3v) is 3.10. The largest absolute Gasteiger partial charge is 0.481 e. The lowest BCUT2D eigenvalue weighted by Gasteiger charge is -2.20. The number of carboxylic acid groups (broad SMARTS) is 1. The molecule has 1 unspecified atom stereocenters. The highest BCUT2D eigenvalue weighted by molar-refractivity contribution is 5.70. The molecule has 1 atom stereocenters. The molecule has 1 aliphatic heterocycles. The topological polar surface area (TPSA) is 98.3 Å². The highest BCUT2D eigenvalue weighted by atomic mass is 16.6. The molecule has 17 heavy (non-hydrogen) atoms. The van der Waals surface area contributed by atoms with Crippen LogP contribution in [-0.4, -0.2) is 25.6 Å². The maximum absolute atomic E-state index is 10.9. The fourth-order valence-corrected chi connectivity index (χ4v) is 2.23. The van der Waals surface area contributed by atoms with Gasteiger partial charge in [0.25, 0.3) is 0 Å². The Morgan fingerprint density at radius 1 is 1.71 bits per heavy atom. The molecule has 1 N–H and O–H groups in total. The number of carboxylic acids is 1. The SMILES string of the molecule is CCc1nc([N+](=O)[O-])c2n1CC(C(=O)O)CC2. The van der Waals surface area contributed by atoms with Crippen LogP contribution in [0.2, 0.25) is 0 Å². The van der Waals surface area contributed by atoms with E-state index in [1.807, 2.05) is 6.92 Å². The zero-order chi connectivity index (χ0) is 12.6. The average molecular weight is 239 g/mol. The smallest absolute Gasteiger partial charge is 0.385 e. The van der Waals surface area contributed by atoms with Crippen molar-refractivity contribution in [2.24, 2.45) is 5.92 Å². The Balaban J connectivity index is 2.43. The normalized spacial score (nSPS) is 18.8. The molecule has 92 valence electrons. The van der Waals surface area contributed by atoms with E-state index in [2.05, 4.69) is 4.98 Å². The number of rotatable bonds is 3. The first-order valence-electron chi connectivity index (χ1n) is 5.50. The molecule has 0 aliphatic carbocycles. The van der Waals surface area contributed by atoms with Crippen molar-refractivity contribution in [1.82, 2.24) is 9.55 Å². The summed E-state index contributed by atoms with van der Waals surface area (Å²) in [5, 5.41) is 19.8. The second kappa shape index (κ2) is 4.15. The van der Waals surface area contributed by atoms with Gasteiger partial charge in [-0.3, -0.25) is 4.79 Å². The predicted octanol–water partition coefficient (Wildman–Crippen LogP) is 1.00. The Kier molecular flexibility index (Phi) is 2.83. The Hall–Kier alpha value is -1.92. The van der Waals surface area contributed by atoms with Gasteiger partial charge in [0.15, 0.2) is 0 Å². The van der Waals surface area contributed by atoms with Crippen LogP contribution in [0.5, 0.6) is 0 Å². The van der Waals surface area contributed by atoms with Gasteiger partial charge in [-0.25, -0.2) is 0 Å². The Bertz CT molecular complexity index is 480. The van der Waals surface area contributed by atoms with Crippen LogP contribution >= 0.6 is 0 Å². The molecule has 0 bridgehead atoms. The molecule has 7 nitrogen and oxygen atoms in total. The molecule has 0 amide bonds. The number of aryl methyl sites for hydroxylation is 1. The molecular formula is C10H13N3O4. The first kappa shape index (κ1) is 11.6. The van der Waals surface area contributed by atoms with Crippen LogP contribution in [-0.2, 0) is 24.2 Å². The summed E-state index contributed by atoms with van der Waals surface area (Å²) < 4.78 is 1.69. The van der Waals surface area contributed by atoms with E-state index in [1.165, 1.54) is 0 Å². The number of hydrogen-bond donors (Lipinski definition) is 1. The molecular weight excluding hydrogens is 226 g/mol. The van der Waals surface area contributed by atoms with Crippen molar-refractivity contribution in [2.45, 2.75) is 32.7 Å². The monoisotopic (exact) mass is 239 g/mol. The summed E-state index contributed by atoms with van der Waals surface area (Å²) in [6.45, 7) is 2.14. The van der Waals surface area contributed by atoms with Gasteiger partial charge in [-0.1, -0.05) is 6.92 Å². The third kappa shape index (κ3) is 1.88. The lowest BCUT2D eigenvalue weighted by atomic mass is 9.98. The van der Waals surface area contributed by atoms with E-state index < -0.39 is 16.8 Å². The fourth-order valence-electron chi connectivity index (χ4n) is 2.23. The predicted molar refractivity (Wildman–Crippen MR) is 57.7 cm³/mol. The average Bonchev–Trinajstić information content (AvgIpc) is 2.66. The molecule has 0 spiro atoms. The number of imidazole rings is 1. The zero-order valence-corrected chi connectivity index (χ0v) is 9.42. The van der Waals surface area contributed by atoms with Gasteiger partial charge in [0, 0.05) is 13.0 Å². The molecule has 1 aliphatic rings. The van der Waals surface area contributed by atoms with Crippen LogP contribution in [0.1, 0.15) is 24.9 Å². The summed E-state index contributed by atoms with van der Waals surface area (Å²) in [6.07, 6.45) is 1.40. The fraction of sp³-hybridized carbons (Fsp3) is 0.600. The van der Waals surface area contributed by atoms with E-state index in [0.29, 0.717) is 30.8 Å². The molecule has 0 saturated heterocycles. The Morgan fingerprint density at radius 3 is 2.94 bits per heavy atom. The molecule has 0 radical (unpaired) electrons. The quantitative estimate of drug-likeness (QED) is 0.626. The summed E-state index contributed by atoms with van der Waals surface area (Å²) in [5.41, 5.74) is 0.560. The third-order valence-electron chi connectivity index (χ3n) is 3.10. The van der Waals surface area contributed by atoms with Crippen LogP contribution in [0.3, 0.4) is 0 Å². The molecule has 0 aromatic carbocycles. The highest BCUT2D eigenvalue weighted by Gasteiger charge is 2.33. The van der Waals surface area contributed by atoms with Gasteiger partial charge in [0.1, 0.15) is 5.69 Å². The van der Waals surface area contributed by atoms with Crippen molar-refractivity contribution < 1.29 is 14.8 Å². The molecule has 0 saturated carbocycles. The number of hydrogen-bond acceptors (Lipinski definition) is 4. The minimum absolute atomic E-state index is 0.120. The van der Waals surface area contributed by atoms with Crippen molar-refractivity contribution in [3.63, 3.8) is 0 Å². The number of nitro groups is 1. The minimum atomic E-state index is -0.853. The lowest BCUT2D eigenvalue weighted by Crippen LogP contribution is -2.27. The number of nitrogens with zero attached hydrogens (tertiary/aromatic N) is 3. The summed E-state index contributed by atoms with van der Waals surface area (Å²) in [7, 11) is 0. The lowest BCUT2D eigenvalue weighted by molar-refractivity contribution is -0.390. The standard InChI is InChI=1S/C10H13N3O4/c1-2-8-11-9(13(16)17)7-4-3-6(10(14)15)5-12(7)8/h6H,2-5H2,1H3,(H,14,15).